The van der Waals surface area contributed by atoms with Crippen LogP contribution in [0.4, 0.5) is 0 Å². The highest BCUT2D eigenvalue weighted by molar-refractivity contribution is 5.99. The summed E-state index contributed by atoms with van der Waals surface area (Å²) in [5.41, 5.74) is 12.0. The summed E-state index contributed by atoms with van der Waals surface area (Å²) in [6.45, 7) is 18.2. The fourth-order valence-electron chi connectivity index (χ4n) is 7.35. The molecular weight excluding hydrogens is 566 g/mol. The zero-order chi connectivity index (χ0) is 32.2. The average molecular weight is 606 g/mol. The molecule has 5 heteroatoms. The van der Waals surface area contributed by atoms with Gasteiger partial charge in [-0.1, -0.05) is 110 Å². The van der Waals surface area contributed by atoms with Gasteiger partial charge in [-0.3, -0.25) is 9.38 Å². The molecule has 4 aromatic carbocycles. The quantitative estimate of drug-likeness (QED) is 0.197. The van der Waals surface area contributed by atoms with E-state index in [-0.39, 0.29) is 16.2 Å². The van der Waals surface area contributed by atoms with Crippen LogP contribution in [0, 0.1) is 0 Å². The monoisotopic (exact) mass is 605 g/mol. The Morgan fingerprint density at radius 2 is 1.37 bits per heavy atom. The summed E-state index contributed by atoms with van der Waals surface area (Å²) in [6.07, 6.45) is 2.08. The third-order valence-electron chi connectivity index (χ3n) is 9.58. The Kier molecular flexibility index (Phi) is 5.93. The molecule has 0 saturated carbocycles. The number of pyridine rings is 1. The average Bonchev–Trinajstić information content (AvgIpc) is 3.56. The van der Waals surface area contributed by atoms with E-state index in [2.05, 4.69) is 127 Å². The van der Waals surface area contributed by atoms with Gasteiger partial charge in [-0.05, 0) is 57.9 Å². The molecule has 0 atom stereocenters. The molecule has 0 unspecified atom stereocenters. The van der Waals surface area contributed by atoms with Crippen molar-refractivity contribution in [2.75, 3.05) is 0 Å². The zero-order valence-electron chi connectivity index (χ0n) is 27.8. The molecule has 8 rings (SSSR count). The SMILES string of the molecule is CC(C)(C)c1cnc(-c2cccc3c2Oc2ccccc2C3(C)C)c(C(C)(C)C)c1-c1cccc2c1nc1oc3ccccc3n12. The smallest absolute Gasteiger partial charge is 0.307 e. The van der Waals surface area contributed by atoms with Crippen molar-refractivity contribution in [1.82, 2.24) is 14.4 Å². The third kappa shape index (κ3) is 4.07. The van der Waals surface area contributed by atoms with Crippen molar-refractivity contribution in [3.05, 3.63) is 113 Å². The normalized spacial score (nSPS) is 14.4. The number of hydrogen-bond acceptors (Lipinski definition) is 4. The number of rotatable bonds is 2. The number of hydrogen-bond donors (Lipinski definition) is 0. The Hall–Kier alpha value is -4.90. The van der Waals surface area contributed by atoms with E-state index >= 15 is 0 Å². The number of oxazole rings is 1. The van der Waals surface area contributed by atoms with Gasteiger partial charge in [-0.25, -0.2) is 0 Å². The molecule has 0 bridgehead atoms. The maximum absolute atomic E-state index is 6.78. The van der Waals surface area contributed by atoms with Crippen molar-refractivity contribution >= 4 is 28.0 Å². The van der Waals surface area contributed by atoms with Crippen LogP contribution in [0.25, 0.3) is 50.4 Å². The van der Waals surface area contributed by atoms with Crippen LogP contribution in [0.5, 0.6) is 11.5 Å². The van der Waals surface area contributed by atoms with Gasteiger partial charge in [0.2, 0.25) is 0 Å². The first-order chi connectivity index (χ1) is 21.9. The highest BCUT2D eigenvalue weighted by Gasteiger charge is 2.38. The van der Waals surface area contributed by atoms with Crippen molar-refractivity contribution in [2.45, 2.75) is 71.6 Å². The van der Waals surface area contributed by atoms with E-state index in [1.165, 1.54) is 22.3 Å². The predicted octanol–water partition coefficient (Wildman–Crippen LogP) is 11.0. The van der Waals surface area contributed by atoms with Gasteiger partial charge in [0.05, 0.1) is 16.7 Å². The lowest BCUT2D eigenvalue weighted by Gasteiger charge is -2.36. The van der Waals surface area contributed by atoms with E-state index < -0.39 is 0 Å². The molecule has 46 heavy (non-hydrogen) atoms. The molecule has 4 heterocycles. The summed E-state index contributed by atoms with van der Waals surface area (Å²) in [7, 11) is 0. The van der Waals surface area contributed by atoms with Crippen molar-refractivity contribution in [2.24, 2.45) is 0 Å². The van der Waals surface area contributed by atoms with Crippen LogP contribution in [-0.2, 0) is 16.2 Å². The van der Waals surface area contributed by atoms with Crippen LogP contribution in [0.15, 0.2) is 95.5 Å². The molecule has 0 amide bonds. The van der Waals surface area contributed by atoms with Crippen molar-refractivity contribution < 1.29 is 9.15 Å². The Morgan fingerprint density at radius 3 is 2.15 bits per heavy atom. The van der Waals surface area contributed by atoms with Crippen molar-refractivity contribution in [1.29, 1.82) is 0 Å². The molecule has 1 aliphatic rings. The molecular formula is C41H39N3O2. The highest BCUT2D eigenvalue weighted by atomic mass is 16.5. The minimum absolute atomic E-state index is 0.178. The minimum Gasteiger partial charge on any atom is -0.456 e. The highest BCUT2D eigenvalue weighted by Crippen LogP contribution is 2.53. The number of fused-ring (bicyclic) bond motifs is 7. The number of ether oxygens (including phenoxy) is 1. The fourth-order valence-corrected chi connectivity index (χ4v) is 7.35. The van der Waals surface area contributed by atoms with E-state index in [0.29, 0.717) is 5.84 Å². The van der Waals surface area contributed by atoms with E-state index in [9.17, 15) is 0 Å². The Morgan fingerprint density at radius 1 is 0.696 bits per heavy atom. The van der Waals surface area contributed by atoms with Crippen LogP contribution < -0.4 is 4.74 Å². The number of nitrogens with zero attached hydrogens (tertiary/aromatic N) is 3. The molecule has 0 fully saturated rings. The molecule has 3 aromatic heterocycles. The van der Waals surface area contributed by atoms with Gasteiger partial charge < -0.3 is 9.15 Å². The summed E-state index contributed by atoms with van der Waals surface area (Å²) in [6, 6.07) is 29.5. The first-order valence-electron chi connectivity index (χ1n) is 16.1. The number of aromatic nitrogens is 3. The van der Waals surface area contributed by atoms with E-state index in [4.69, 9.17) is 19.1 Å². The van der Waals surface area contributed by atoms with E-state index in [0.717, 1.165) is 56.0 Å². The molecule has 0 spiro atoms. The largest absolute Gasteiger partial charge is 0.456 e. The van der Waals surface area contributed by atoms with Crippen LogP contribution in [0.3, 0.4) is 0 Å². The van der Waals surface area contributed by atoms with Crippen molar-refractivity contribution in [3.63, 3.8) is 0 Å². The molecule has 230 valence electrons. The zero-order valence-corrected chi connectivity index (χ0v) is 27.8. The second-order valence-corrected chi connectivity index (χ2v) is 15.1. The summed E-state index contributed by atoms with van der Waals surface area (Å²) >= 11 is 0. The summed E-state index contributed by atoms with van der Waals surface area (Å²) in [5.74, 6) is 2.37. The van der Waals surface area contributed by atoms with Crippen LogP contribution in [-0.4, -0.2) is 14.4 Å². The lowest BCUT2D eigenvalue weighted by Crippen LogP contribution is -2.25. The molecule has 7 aromatic rings. The second-order valence-electron chi connectivity index (χ2n) is 15.1. The molecule has 0 saturated heterocycles. The molecule has 0 N–H and O–H groups in total. The van der Waals surface area contributed by atoms with Gasteiger partial charge in [-0.2, -0.15) is 4.98 Å². The lowest BCUT2D eigenvalue weighted by molar-refractivity contribution is 0.419. The fraction of sp³-hybridized carbons (Fsp3) is 0.268. The number of benzene rings is 4. The maximum atomic E-state index is 6.78. The summed E-state index contributed by atoms with van der Waals surface area (Å²) in [4.78, 5) is 10.5. The lowest BCUT2D eigenvalue weighted by atomic mass is 9.72. The Labute approximate surface area is 269 Å². The van der Waals surface area contributed by atoms with Gasteiger partial charge in [0, 0.05) is 33.9 Å². The molecule has 1 aliphatic heterocycles. The van der Waals surface area contributed by atoms with Gasteiger partial charge in [0.1, 0.15) is 17.0 Å². The number of imidazole rings is 1. The third-order valence-corrected chi connectivity index (χ3v) is 9.58. The summed E-state index contributed by atoms with van der Waals surface area (Å²) in [5, 5.41) is 0. The van der Waals surface area contributed by atoms with Crippen molar-refractivity contribution in [3.8, 4) is 33.9 Å². The van der Waals surface area contributed by atoms with E-state index in [1.807, 2.05) is 24.3 Å². The molecule has 0 aliphatic carbocycles. The van der Waals surface area contributed by atoms with Gasteiger partial charge in [0.15, 0.2) is 5.58 Å². The second kappa shape index (κ2) is 9.56. The summed E-state index contributed by atoms with van der Waals surface area (Å²) < 4.78 is 15.2. The maximum Gasteiger partial charge on any atom is 0.307 e. The number of para-hydroxylation sites is 5. The standard InChI is InChI=1S/C41H39N3O2/c1-39(2,3)28-23-42-36(25-16-13-18-27-37(25)45-31-21-11-9-17-26(31)41(27,7)8)34(40(4,5)6)33(28)24-15-14-20-30-35(24)43-38-44(30)29-19-10-12-22-32(29)46-38/h9-23H,1-8H3. The van der Waals surface area contributed by atoms with Crippen LogP contribution in [0.1, 0.15) is 77.6 Å². The van der Waals surface area contributed by atoms with Gasteiger partial charge >= 0.3 is 5.84 Å². The minimum atomic E-state index is -0.266. The first-order valence-corrected chi connectivity index (χ1v) is 16.1. The van der Waals surface area contributed by atoms with Gasteiger partial charge in [-0.15, -0.1) is 0 Å². The molecule has 5 nitrogen and oxygen atoms in total. The van der Waals surface area contributed by atoms with Crippen LogP contribution >= 0.6 is 0 Å². The predicted molar refractivity (Wildman–Crippen MR) is 187 cm³/mol. The van der Waals surface area contributed by atoms with E-state index in [1.54, 1.807) is 0 Å². The molecule has 0 radical (unpaired) electrons. The first kappa shape index (κ1) is 28.6. The van der Waals surface area contributed by atoms with Gasteiger partial charge in [0.25, 0.3) is 0 Å². The Balaban J connectivity index is 1.47. The van der Waals surface area contributed by atoms with Crippen LogP contribution in [0.2, 0.25) is 0 Å². The Bertz CT molecular complexity index is 2340. The topological polar surface area (TPSA) is 52.6 Å².